The van der Waals surface area contributed by atoms with Gasteiger partial charge in [0.05, 0.1) is 5.25 Å². The van der Waals surface area contributed by atoms with Crippen LogP contribution in [-0.2, 0) is 16.6 Å². The molecule has 0 N–H and O–H groups in total. The first-order valence-electron chi connectivity index (χ1n) is 7.14. The first-order valence-corrected chi connectivity index (χ1v) is 9.59. The minimum absolute atomic E-state index is 0.147. The number of hydrogen-bond donors (Lipinski definition) is 0. The van der Waals surface area contributed by atoms with Crippen molar-refractivity contribution in [3.63, 3.8) is 0 Å². The van der Waals surface area contributed by atoms with E-state index in [0.717, 1.165) is 37.7 Å². The fraction of sp³-hybridized carbons (Fsp3) is 0.714. The molecule has 2 rings (SSSR count). The molecule has 0 saturated heterocycles. The van der Waals surface area contributed by atoms with Crippen LogP contribution in [0.4, 0.5) is 0 Å². The normalized spacial score (nSPS) is 18.0. The Hall–Kier alpha value is -0.390. The smallest absolute Gasteiger partial charge is 0.212 e. The molecule has 0 bridgehead atoms. The third kappa shape index (κ3) is 3.80. The van der Waals surface area contributed by atoms with E-state index in [9.17, 15) is 8.42 Å². The Kier molecular flexibility index (Phi) is 5.42. The molecule has 3 nitrogen and oxygen atoms in total. The predicted octanol–water partition coefficient (Wildman–Crippen LogP) is 3.62. The molecule has 1 fully saturated rings. The highest BCUT2D eigenvalue weighted by molar-refractivity contribution is 7.89. The van der Waals surface area contributed by atoms with Crippen LogP contribution in [-0.4, -0.2) is 24.5 Å². The van der Waals surface area contributed by atoms with Gasteiger partial charge < -0.3 is 0 Å². The van der Waals surface area contributed by atoms with Gasteiger partial charge in [-0.3, -0.25) is 0 Å². The van der Waals surface area contributed by atoms with E-state index in [2.05, 4.69) is 0 Å². The number of hydrogen-bond acceptors (Lipinski definition) is 3. The SMILES string of the molecule is CCCN(Cc1ccsc1)S(=O)(=O)C1CCCCC1. The summed E-state index contributed by atoms with van der Waals surface area (Å²) in [5.41, 5.74) is 1.11. The summed E-state index contributed by atoms with van der Waals surface area (Å²) in [6.45, 7) is 3.21. The highest BCUT2D eigenvalue weighted by Crippen LogP contribution is 2.27. The van der Waals surface area contributed by atoms with Gasteiger partial charge in [0.25, 0.3) is 0 Å². The van der Waals surface area contributed by atoms with Gasteiger partial charge in [0.1, 0.15) is 0 Å². The fourth-order valence-electron chi connectivity index (χ4n) is 2.71. The lowest BCUT2D eigenvalue weighted by atomic mass is 10.0. The topological polar surface area (TPSA) is 37.4 Å². The number of nitrogens with zero attached hydrogens (tertiary/aromatic N) is 1. The zero-order valence-electron chi connectivity index (χ0n) is 11.5. The van der Waals surface area contributed by atoms with E-state index in [4.69, 9.17) is 0 Å². The molecule has 1 saturated carbocycles. The van der Waals surface area contributed by atoms with Crippen molar-refractivity contribution in [1.29, 1.82) is 0 Å². The van der Waals surface area contributed by atoms with Crippen LogP contribution in [0.3, 0.4) is 0 Å². The molecule has 1 aliphatic carbocycles. The van der Waals surface area contributed by atoms with Crippen molar-refractivity contribution in [3.05, 3.63) is 22.4 Å². The average Bonchev–Trinajstić information content (AvgIpc) is 2.92. The Labute approximate surface area is 120 Å². The molecule has 1 aliphatic rings. The Balaban J connectivity index is 2.12. The molecule has 0 unspecified atom stereocenters. The fourth-order valence-corrected chi connectivity index (χ4v) is 5.48. The van der Waals surface area contributed by atoms with Crippen LogP contribution >= 0.6 is 11.3 Å². The van der Waals surface area contributed by atoms with E-state index in [-0.39, 0.29) is 5.25 Å². The Morgan fingerprint density at radius 3 is 2.63 bits per heavy atom. The van der Waals surface area contributed by atoms with Gasteiger partial charge in [-0.1, -0.05) is 26.2 Å². The summed E-state index contributed by atoms with van der Waals surface area (Å²) in [7, 11) is -3.12. The lowest BCUT2D eigenvalue weighted by molar-refractivity contribution is 0.382. The summed E-state index contributed by atoms with van der Waals surface area (Å²) in [6.07, 6.45) is 5.85. The van der Waals surface area contributed by atoms with E-state index in [0.29, 0.717) is 13.1 Å². The van der Waals surface area contributed by atoms with Crippen molar-refractivity contribution in [2.75, 3.05) is 6.54 Å². The van der Waals surface area contributed by atoms with Crippen LogP contribution in [0.15, 0.2) is 16.8 Å². The molecule has 0 radical (unpaired) electrons. The monoisotopic (exact) mass is 301 g/mol. The number of sulfonamides is 1. The van der Waals surface area contributed by atoms with E-state index >= 15 is 0 Å². The van der Waals surface area contributed by atoms with Gasteiger partial charge >= 0.3 is 0 Å². The van der Waals surface area contributed by atoms with Crippen LogP contribution in [0.2, 0.25) is 0 Å². The molecule has 1 aromatic rings. The van der Waals surface area contributed by atoms with Crippen molar-refractivity contribution in [3.8, 4) is 0 Å². The van der Waals surface area contributed by atoms with Gasteiger partial charge in [-0.05, 0) is 41.7 Å². The highest BCUT2D eigenvalue weighted by atomic mass is 32.2. The molecule has 0 aromatic carbocycles. The summed E-state index contributed by atoms with van der Waals surface area (Å²) < 4.78 is 27.2. The van der Waals surface area contributed by atoms with Gasteiger partial charge in [0.2, 0.25) is 10.0 Å². The molecular formula is C14H23NO2S2. The summed E-state index contributed by atoms with van der Waals surface area (Å²) in [5.74, 6) is 0. The maximum Gasteiger partial charge on any atom is 0.217 e. The molecule has 0 atom stereocenters. The van der Waals surface area contributed by atoms with E-state index in [1.165, 1.54) is 6.42 Å². The van der Waals surface area contributed by atoms with Crippen molar-refractivity contribution in [2.24, 2.45) is 0 Å². The molecule has 0 spiro atoms. The largest absolute Gasteiger partial charge is 0.217 e. The van der Waals surface area contributed by atoms with Crippen molar-refractivity contribution in [1.82, 2.24) is 4.31 Å². The first-order chi connectivity index (χ1) is 9.14. The molecule has 19 heavy (non-hydrogen) atoms. The van der Waals surface area contributed by atoms with Gasteiger partial charge in [-0.15, -0.1) is 0 Å². The maximum atomic E-state index is 12.7. The second-order valence-corrected chi connectivity index (χ2v) is 8.26. The second kappa shape index (κ2) is 6.86. The summed E-state index contributed by atoms with van der Waals surface area (Å²) in [4.78, 5) is 0. The van der Waals surface area contributed by atoms with E-state index < -0.39 is 10.0 Å². The van der Waals surface area contributed by atoms with E-state index in [1.807, 2.05) is 23.8 Å². The average molecular weight is 301 g/mol. The van der Waals surface area contributed by atoms with Crippen LogP contribution in [0.5, 0.6) is 0 Å². The van der Waals surface area contributed by atoms with Crippen molar-refractivity contribution in [2.45, 2.75) is 57.2 Å². The maximum absolute atomic E-state index is 12.7. The third-order valence-electron chi connectivity index (χ3n) is 3.75. The van der Waals surface area contributed by atoms with Crippen LogP contribution in [0, 0.1) is 0 Å². The van der Waals surface area contributed by atoms with Crippen molar-refractivity contribution < 1.29 is 8.42 Å². The first kappa shape index (κ1) is 15.0. The molecule has 1 aromatic heterocycles. The Bertz CT molecular complexity index is 462. The van der Waals surface area contributed by atoms with E-state index in [1.54, 1.807) is 15.6 Å². The number of rotatable bonds is 6. The van der Waals surface area contributed by atoms with Crippen LogP contribution in [0.25, 0.3) is 0 Å². The van der Waals surface area contributed by atoms with Crippen molar-refractivity contribution >= 4 is 21.4 Å². The molecule has 1 heterocycles. The lowest BCUT2D eigenvalue weighted by Gasteiger charge is -2.29. The highest BCUT2D eigenvalue weighted by Gasteiger charge is 2.32. The molecule has 108 valence electrons. The Morgan fingerprint density at radius 2 is 2.05 bits per heavy atom. The van der Waals surface area contributed by atoms with Gasteiger partial charge in [0.15, 0.2) is 0 Å². The third-order valence-corrected chi connectivity index (χ3v) is 6.82. The molecule has 0 aliphatic heterocycles. The number of thiophene rings is 1. The predicted molar refractivity (Wildman–Crippen MR) is 80.8 cm³/mol. The van der Waals surface area contributed by atoms with Gasteiger partial charge in [-0.2, -0.15) is 15.6 Å². The molecular weight excluding hydrogens is 278 g/mol. The molecule has 5 heteroatoms. The zero-order valence-corrected chi connectivity index (χ0v) is 13.2. The standard InChI is InChI=1S/C14H23NO2S2/c1-2-9-15(11-13-8-10-18-12-13)19(16,17)14-6-4-3-5-7-14/h8,10,12,14H,2-7,9,11H2,1H3. The molecule has 0 amide bonds. The second-order valence-electron chi connectivity index (χ2n) is 5.27. The minimum Gasteiger partial charge on any atom is -0.212 e. The van der Waals surface area contributed by atoms with Crippen LogP contribution in [0.1, 0.15) is 51.0 Å². The van der Waals surface area contributed by atoms with Gasteiger partial charge in [-0.25, -0.2) is 8.42 Å². The lowest BCUT2D eigenvalue weighted by Crippen LogP contribution is -2.39. The van der Waals surface area contributed by atoms with Crippen LogP contribution < -0.4 is 0 Å². The van der Waals surface area contributed by atoms with Gasteiger partial charge in [0, 0.05) is 13.1 Å². The Morgan fingerprint density at radius 1 is 1.32 bits per heavy atom. The minimum atomic E-state index is -3.12. The zero-order chi connectivity index (χ0) is 13.7. The summed E-state index contributed by atoms with van der Waals surface area (Å²) >= 11 is 1.62. The quantitative estimate of drug-likeness (QED) is 0.804. The summed E-state index contributed by atoms with van der Waals surface area (Å²) in [5, 5.41) is 3.90. The summed E-state index contributed by atoms with van der Waals surface area (Å²) in [6, 6.07) is 2.02.